The monoisotopic (exact) mass is 276 g/mol. The van der Waals surface area contributed by atoms with Crippen LogP contribution in [0.25, 0.3) is 0 Å². The van der Waals surface area contributed by atoms with Gasteiger partial charge in [0.15, 0.2) is 0 Å². The third-order valence-electron chi connectivity index (χ3n) is 4.76. The zero-order chi connectivity index (χ0) is 14.4. The minimum absolute atomic E-state index is 0.578. The number of rotatable bonds is 7. The maximum atomic E-state index is 5.74. The molecule has 0 aliphatic carbocycles. The summed E-state index contributed by atoms with van der Waals surface area (Å²) in [5, 5.41) is 0. The number of nitrogen functional groups attached to an aromatic ring is 1. The lowest BCUT2D eigenvalue weighted by molar-refractivity contribution is 0.222. The molecular formula is C17H28N2O. The molecule has 112 valence electrons. The third-order valence-corrected chi connectivity index (χ3v) is 4.76. The van der Waals surface area contributed by atoms with Crippen molar-refractivity contribution >= 4 is 5.69 Å². The second-order valence-corrected chi connectivity index (χ2v) is 6.01. The Balaban J connectivity index is 1.67. The summed E-state index contributed by atoms with van der Waals surface area (Å²) >= 11 is 0. The first-order valence-electron chi connectivity index (χ1n) is 7.88. The van der Waals surface area contributed by atoms with Gasteiger partial charge in [0.1, 0.15) is 5.75 Å². The van der Waals surface area contributed by atoms with Crippen molar-refractivity contribution in [2.24, 2.45) is 5.41 Å². The van der Waals surface area contributed by atoms with Crippen LogP contribution in [0.4, 0.5) is 5.69 Å². The average molecular weight is 276 g/mol. The van der Waals surface area contributed by atoms with Gasteiger partial charge in [0.25, 0.3) is 0 Å². The Morgan fingerprint density at radius 1 is 1.30 bits per heavy atom. The number of ether oxygens (including phenoxy) is 1. The van der Waals surface area contributed by atoms with Crippen LogP contribution in [0, 0.1) is 5.41 Å². The van der Waals surface area contributed by atoms with E-state index in [1.807, 2.05) is 24.3 Å². The predicted molar refractivity (Wildman–Crippen MR) is 85.0 cm³/mol. The van der Waals surface area contributed by atoms with Crippen LogP contribution in [0.15, 0.2) is 24.3 Å². The minimum atomic E-state index is 0.578. The number of benzene rings is 1. The van der Waals surface area contributed by atoms with E-state index >= 15 is 0 Å². The van der Waals surface area contributed by atoms with Crippen molar-refractivity contribution in [1.29, 1.82) is 0 Å². The molecular weight excluding hydrogens is 248 g/mol. The summed E-state index contributed by atoms with van der Waals surface area (Å²) in [6.07, 6.45) is 5.05. The van der Waals surface area contributed by atoms with Gasteiger partial charge in [-0.15, -0.1) is 0 Å². The summed E-state index contributed by atoms with van der Waals surface area (Å²) in [4.78, 5) is 2.59. The Labute approximate surface area is 123 Å². The van der Waals surface area contributed by atoms with Crippen LogP contribution in [0.5, 0.6) is 5.75 Å². The number of hydrogen-bond donors (Lipinski definition) is 1. The number of nitrogens with two attached hydrogens (primary N) is 1. The fourth-order valence-corrected chi connectivity index (χ4v) is 3.13. The summed E-state index contributed by atoms with van der Waals surface area (Å²) in [5.74, 6) is 0.878. The molecule has 1 saturated heterocycles. The number of hydrogen-bond acceptors (Lipinski definition) is 3. The molecule has 3 nitrogen and oxygen atoms in total. The molecule has 0 atom stereocenters. The molecule has 2 N–H and O–H groups in total. The average Bonchev–Trinajstić information content (AvgIpc) is 2.88. The van der Waals surface area contributed by atoms with Crippen molar-refractivity contribution in [2.75, 3.05) is 32.0 Å². The first-order valence-corrected chi connectivity index (χ1v) is 7.88. The first kappa shape index (κ1) is 15.2. The van der Waals surface area contributed by atoms with Gasteiger partial charge in [0.05, 0.1) is 6.61 Å². The van der Waals surface area contributed by atoms with E-state index in [0.29, 0.717) is 5.41 Å². The fourth-order valence-electron chi connectivity index (χ4n) is 3.13. The van der Waals surface area contributed by atoms with Gasteiger partial charge >= 0.3 is 0 Å². The lowest BCUT2D eigenvalue weighted by Gasteiger charge is -2.26. The standard InChI is InChI=1S/C17H28N2O/c1-3-17(4-2)9-11-19(14-17)10-6-12-20-16-8-5-7-15(18)13-16/h5,7-8,13H,3-4,6,9-12,14,18H2,1-2H3. The van der Waals surface area contributed by atoms with Crippen LogP contribution >= 0.6 is 0 Å². The first-order chi connectivity index (χ1) is 9.67. The van der Waals surface area contributed by atoms with Crippen LogP contribution in [0.2, 0.25) is 0 Å². The highest BCUT2D eigenvalue weighted by atomic mass is 16.5. The van der Waals surface area contributed by atoms with Gasteiger partial charge in [-0.05, 0) is 49.8 Å². The maximum absolute atomic E-state index is 5.74. The van der Waals surface area contributed by atoms with E-state index in [4.69, 9.17) is 10.5 Å². The van der Waals surface area contributed by atoms with Crippen LogP contribution in [0.1, 0.15) is 39.5 Å². The Morgan fingerprint density at radius 2 is 2.10 bits per heavy atom. The summed E-state index contributed by atoms with van der Waals surface area (Å²) in [6, 6.07) is 7.66. The quantitative estimate of drug-likeness (QED) is 0.611. The molecule has 2 rings (SSSR count). The Morgan fingerprint density at radius 3 is 2.75 bits per heavy atom. The van der Waals surface area contributed by atoms with E-state index in [1.54, 1.807) is 0 Å². The molecule has 20 heavy (non-hydrogen) atoms. The smallest absolute Gasteiger partial charge is 0.121 e. The van der Waals surface area contributed by atoms with E-state index in [-0.39, 0.29) is 0 Å². The van der Waals surface area contributed by atoms with Gasteiger partial charge in [-0.2, -0.15) is 0 Å². The summed E-state index contributed by atoms with van der Waals surface area (Å²) in [6.45, 7) is 9.08. The lowest BCUT2D eigenvalue weighted by Crippen LogP contribution is -2.27. The molecule has 1 aliphatic heterocycles. The molecule has 0 amide bonds. The highest BCUT2D eigenvalue weighted by molar-refractivity contribution is 5.43. The minimum Gasteiger partial charge on any atom is -0.493 e. The van der Waals surface area contributed by atoms with Crippen LogP contribution in [0.3, 0.4) is 0 Å². The summed E-state index contributed by atoms with van der Waals surface area (Å²) in [7, 11) is 0. The fraction of sp³-hybridized carbons (Fsp3) is 0.647. The predicted octanol–water partition coefficient (Wildman–Crippen LogP) is 3.55. The molecule has 1 fully saturated rings. The molecule has 1 heterocycles. The van der Waals surface area contributed by atoms with E-state index in [9.17, 15) is 0 Å². The second kappa shape index (κ2) is 6.98. The molecule has 1 aromatic rings. The van der Waals surface area contributed by atoms with Gasteiger partial charge in [-0.1, -0.05) is 19.9 Å². The van der Waals surface area contributed by atoms with E-state index in [1.165, 1.54) is 32.4 Å². The van der Waals surface area contributed by atoms with Gasteiger partial charge in [-0.3, -0.25) is 0 Å². The van der Waals surface area contributed by atoms with Crippen molar-refractivity contribution < 1.29 is 4.74 Å². The molecule has 0 aromatic heterocycles. The normalized spacial score (nSPS) is 18.3. The highest BCUT2D eigenvalue weighted by Gasteiger charge is 2.34. The Bertz CT molecular complexity index is 415. The Hall–Kier alpha value is -1.22. The lowest BCUT2D eigenvalue weighted by atomic mass is 9.82. The van der Waals surface area contributed by atoms with Crippen molar-refractivity contribution in [3.8, 4) is 5.75 Å². The second-order valence-electron chi connectivity index (χ2n) is 6.01. The largest absolute Gasteiger partial charge is 0.493 e. The maximum Gasteiger partial charge on any atom is 0.121 e. The molecule has 0 spiro atoms. The van der Waals surface area contributed by atoms with Crippen LogP contribution < -0.4 is 10.5 Å². The van der Waals surface area contributed by atoms with Crippen molar-refractivity contribution in [3.63, 3.8) is 0 Å². The van der Waals surface area contributed by atoms with Gasteiger partial charge in [-0.25, -0.2) is 0 Å². The van der Waals surface area contributed by atoms with Gasteiger partial charge in [0.2, 0.25) is 0 Å². The molecule has 1 aromatic carbocycles. The van der Waals surface area contributed by atoms with E-state index in [2.05, 4.69) is 18.7 Å². The zero-order valence-corrected chi connectivity index (χ0v) is 12.9. The van der Waals surface area contributed by atoms with Crippen molar-refractivity contribution in [3.05, 3.63) is 24.3 Å². The number of anilines is 1. The number of nitrogens with zero attached hydrogens (tertiary/aromatic N) is 1. The highest BCUT2D eigenvalue weighted by Crippen LogP contribution is 2.36. The molecule has 0 bridgehead atoms. The van der Waals surface area contributed by atoms with Gasteiger partial charge < -0.3 is 15.4 Å². The van der Waals surface area contributed by atoms with E-state index < -0.39 is 0 Å². The SMILES string of the molecule is CCC1(CC)CCN(CCCOc2cccc(N)c2)C1. The van der Waals surface area contributed by atoms with E-state index in [0.717, 1.165) is 31.0 Å². The number of likely N-dealkylation sites (tertiary alicyclic amines) is 1. The van der Waals surface area contributed by atoms with Crippen molar-refractivity contribution in [2.45, 2.75) is 39.5 Å². The summed E-state index contributed by atoms with van der Waals surface area (Å²) in [5.41, 5.74) is 7.07. The van der Waals surface area contributed by atoms with Crippen LogP contribution in [-0.2, 0) is 0 Å². The van der Waals surface area contributed by atoms with Crippen LogP contribution in [-0.4, -0.2) is 31.1 Å². The zero-order valence-electron chi connectivity index (χ0n) is 12.9. The molecule has 3 heteroatoms. The molecule has 1 aliphatic rings. The molecule has 0 radical (unpaired) electrons. The molecule has 0 saturated carbocycles. The third kappa shape index (κ3) is 3.89. The van der Waals surface area contributed by atoms with Crippen molar-refractivity contribution in [1.82, 2.24) is 4.90 Å². The Kier molecular flexibility index (Phi) is 5.30. The molecule has 0 unspecified atom stereocenters. The summed E-state index contributed by atoms with van der Waals surface area (Å²) < 4.78 is 5.74. The van der Waals surface area contributed by atoms with Gasteiger partial charge in [0, 0.05) is 24.8 Å². The topological polar surface area (TPSA) is 38.5 Å².